The van der Waals surface area contributed by atoms with Crippen LogP contribution in [0.4, 0.5) is 11.4 Å². The number of hydrogen-bond donors (Lipinski definition) is 1. The molecule has 1 fully saturated rings. The number of benzene rings is 1. The number of nitrogens with zero attached hydrogens (tertiary/aromatic N) is 1. The van der Waals surface area contributed by atoms with Gasteiger partial charge in [-0.3, -0.25) is 0 Å². The molecule has 1 aromatic rings. The molecule has 0 unspecified atom stereocenters. The molecule has 1 aliphatic heterocycles. The summed E-state index contributed by atoms with van der Waals surface area (Å²) in [7, 11) is 2.57. The van der Waals surface area contributed by atoms with E-state index in [1.165, 1.54) is 26.4 Å². The fraction of sp³-hybridized carbons (Fsp3) is 0.429. The van der Waals surface area contributed by atoms with Gasteiger partial charge in [-0.05, 0) is 12.1 Å². The lowest BCUT2D eigenvalue weighted by Gasteiger charge is -2.31. The van der Waals surface area contributed by atoms with Gasteiger partial charge in [0, 0.05) is 18.8 Å². The molecule has 2 N–H and O–H groups in total. The Balaban J connectivity index is 2.59. The molecule has 0 radical (unpaired) electrons. The number of nitrogens with two attached hydrogens (primary N) is 1. The zero-order valence-corrected chi connectivity index (χ0v) is 12.0. The molecular weight excluding hydrogens is 276 g/mol. The number of carbonyl (C=O) groups excluding carboxylic acids is 2. The van der Waals surface area contributed by atoms with Gasteiger partial charge in [0.2, 0.25) is 0 Å². The maximum Gasteiger partial charge on any atom is 0.340 e. The average molecular weight is 294 g/mol. The number of nitrogen functional groups attached to an aromatic ring is 1. The minimum absolute atomic E-state index is 0.250. The molecule has 7 nitrogen and oxygen atoms in total. The molecular formula is C14H18N2O5. The van der Waals surface area contributed by atoms with E-state index in [9.17, 15) is 9.59 Å². The summed E-state index contributed by atoms with van der Waals surface area (Å²) in [6.45, 7) is 2.17. The van der Waals surface area contributed by atoms with Gasteiger partial charge >= 0.3 is 11.9 Å². The van der Waals surface area contributed by atoms with Crippen LogP contribution >= 0.6 is 0 Å². The third kappa shape index (κ3) is 3.08. The molecule has 1 heterocycles. The van der Waals surface area contributed by atoms with E-state index in [4.69, 9.17) is 19.9 Å². The van der Waals surface area contributed by atoms with Gasteiger partial charge in [-0.2, -0.15) is 0 Å². The molecule has 7 heteroatoms. The van der Waals surface area contributed by atoms with Crippen molar-refractivity contribution in [1.29, 1.82) is 0 Å². The van der Waals surface area contributed by atoms with E-state index in [-0.39, 0.29) is 11.1 Å². The van der Waals surface area contributed by atoms with Gasteiger partial charge in [0.15, 0.2) is 0 Å². The van der Waals surface area contributed by atoms with Gasteiger partial charge in [-0.1, -0.05) is 0 Å². The fourth-order valence-corrected chi connectivity index (χ4v) is 2.32. The van der Waals surface area contributed by atoms with Crippen LogP contribution in [0.5, 0.6) is 0 Å². The maximum absolute atomic E-state index is 12.0. The summed E-state index contributed by atoms with van der Waals surface area (Å²) in [6.07, 6.45) is 0. The van der Waals surface area contributed by atoms with Crippen molar-refractivity contribution in [3.63, 3.8) is 0 Å². The number of methoxy groups -OCH3 is 2. The molecule has 114 valence electrons. The van der Waals surface area contributed by atoms with Crippen LogP contribution in [0.2, 0.25) is 0 Å². The third-order valence-corrected chi connectivity index (χ3v) is 3.27. The van der Waals surface area contributed by atoms with Gasteiger partial charge in [0.1, 0.15) is 0 Å². The number of carbonyl (C=O) groups is 2. The summed E-state index contributed by atoms with van der Waals surface area (Å²) >= 11 is 0. The zero-order valence-electron chi connectivity index (χ0n) is 12.0. The number of anilines is 2. The molecule has 1 saturated heterocycles. The Labute approximate surface area is 122 Å². The van der Waals surface area contributed by atoms with Crippen molar-refractivity contribution in [3.05, 3.63) is 23.3 Å². The molecule has 2 rings (SSSR count). The van der Waals surface area contributed by atoms with E-state index in [1.807, 2.05) is 4.90 Å². The van der Waals surface area contributed by atoms with E-state index in [1.54, 1.807) is 0 Å². The molecule has 0 amide bonds. The molecule has 0 saturated carbocycles. The van der Waals surface area contributed by atoms with Gasteiger partial charge in [0.05, 0.1) is 44.2 Å². The minimum Gasteiger partial charge on any atom is -0.465 e. The van der Waals surface area contributed by atoms with Crippen molar-refractivity contribution in [3.8, 4) is 0 Å². The van der Waals surface area contributed by atoms with Gasteiger partial charge in [-0.25, -0.2) is 9.59 Å². The SMILES string of the molecule is COC(=O)c1cc(N)cc(C(=O)OC)c1N1CCOCC1. The number of morpholine rings is 1. The summed E-state index contributed by atoms with van der Waals surface area (Å²) < 4.78 is 14.9. The van der Waals surface area contributed by atoms with Crippen LogP contribution in [-0.2, 0) is 14.2 Å². The fourth-order valence-electron chi connectivity index (χ4n) is 2.32. The molecule has 0 aliphatic carbocycles. The van der Waals surface area contributed by atoms with E-state index >= 15 is 0 Å². The molecule has 1 aliphatic rings. The Hall–Kier alpha value is -2.28. The molecule has 0 atom stereocenters. The summed E-state index contributed by atoms with van der Waals surface area (Å²) in [5, 5.41) is 0. The maximum atomic E-state index is 12.0. The van der Waals surface area contributed by atoms with Crippen LogP contribution in [0.1, 0.15) is 20.7 Å². The Morgan fingerprint density at radius 2 is 1.57 bits per heavy atom. The van der Waals surface area contributed by atoms with Crippen molar-refractivity contribution in [2.75, 3.05) is 51.2 Å². The minimum atomic E-state index is -0.547. The summed E-state index contributed by atoms with van der Waals surface area (Å²) in [6, 6.07) is 3.01. The quantitative estimate of drug-likeness (QED) is 0.647. The van der Waals surface area contributed by atoms with Gasteiger partial charge < -0.3 is 24.8 Å². The second-order valence-electron chi connectivity index (χ2n) is 4.55. The Kier molecular flexibility index (Phi) is 4.64. The number of rotatable bonds is 3. The predicted octanol–water partition coefficient (Wildman–Crippen LogP) is 0.679. The Bertz CT molecular complexity index is 515. The van der Waals surface area contributed by atoms with Gasteiger partial charge in [-0.15, -0.1) is 0 Å². The van der Waals surface area contributed by atoms with Gasteiger partial charge in [0.25, 0.3) is 0 Å². The molecule has 21 heavy (non-hydrogen) atoms. The van der Waals surface area contributed by atoms with E-state index in [2.05, 4.69) is 0 Å². The normalized spacial score (nSPS) is 14.7. The smallest absolute Gasteiger partial charge is 0.340 e. The highest BCUT2D eigenvalue weighted by Crippen LogP contribution is 2.30. The van der Waals surface area contributed by atoms with E-state index in [0.29, 0.717) is 37.7 Å². The zero-order chi connectivity index (χ0) is 15.4. The Morgan fingerprint density at radius 1 is 1.10 bits per heavy atom. The van der Waals surface area contributed by atoms with E-state index < -0.39 is 11.9 Å². The lowest BCUT2D eigenvalue weighted by molar-refractivity contribution is 0.0598. The van der Waals surface area contributed by atoms with Crippen molar-refractivity contribution < 1.29 is 23.8 Å². The highest BCUT2D eigenvalue weighted by atomic mass is 16.5. The van der Waals surface area contributed by atoms with Crippen LogP contribution in [0.15, 0.2) is 12.1 Å². The second kappa shape index (κ2) is 6.45. The third-order valence-electron chi connectivity index (χ3n) is 3.27. The highest BCUT2D eigenvalue weighted by molar-refractivity contribution is 6.06. The second-order valence-corrected chi connectivity index (χ2v) is 4.55. The molecule has 0 bridgehead atoms. The largest absolute Gasteiger partial charge is 0.465 e. The monoisotopic (exact) mass is 294 g/mol. The molecule has 1 aromatic carbocycles. The van der Waals surface area contributed by atoms with Crippen LogP contribution < -0.4 is 10.6 Å². The molecule has 0 aromatic heterocycles. The molecule has 0 spiro atoms. The summed E-state index contributed by atoms with van der Waals surface area (Å²) in [5.74, 6) is -1.09. The highest BCUT2D eigenvalue weighted by Gasteiger charge is 2.26. The standard InChI is InChI=1S/C14H18N2O5/c1-19-13(17)10-7-9(15)8-11(14(18)20-2)12(10)16-3-5-21-6-4-16/h7-8H,3-6,15H2,1-2H3. The van der Waals surface area contributed by atoms with Crippen molar-refractivity contribution >= 4 is 23.3 Å². The van der Waals surface area contributed by atoms with Crippen molar-refractivity contribution in [1.82, 2.24) is 0 Å². The average Bonchev–Trinajstić information content (AvgIpc) is 2.53. The lowest BCUT2D eigenvalue weighted by Crippen LogP contribution is -2.38. The van der Waals surface area contributed by atoms with Crippen molar-refractivity contribution in [2.24, 2.45) is 0 Å². The van der Waals surface area contributed by atoms with Crippen molar-refractivity contribution in [2.45, 2.75) is 0 Å². The van der Waals surface area contributed by atoms with Crippen LogP contribution in [-0.4, -0.2) is 52.5 Å². The summed E-state index contributed by atoms with van der Waals surface area (Å²) in [5.41, 5.74) is 7.06. The number of ether oxygens (including phenoxy) is 3. The first-order chi connectivity index (χ1) is 10.1. The Morgan fingerprint density at radius 3 is 2.00 bits per heavy atom. The first kappa shape index (κ1) is 15.1. The van der Waals surface area contributed by atoms with Crippen LogP contribution in [0.25, 0.3) is 0 Å². The number of esters is 2. The topological polar surface area (TPSA) is 91.1 Å². The van der Waals surface area contributed by atoms with Crippen LogP contribution in [0.3, 0.4) is 0 Å². The predicted molar refractivity (Wildman–Crippen MR) is 76.6 cm³/mol. The van der Waals surface area contributed by atoms with E-state index in [0.717, 1.165) is 0 Å². The first-order valence-electron chi connectivity index (χ1n) is 6.51. The first-order valence-corrected chi connectivity index (χ1v) is 6.51. The lowest BCUT2D eigenvalue weighted by atomic mass is 10.0. The number of hydrogen-bond acceptors (Lipinski definition) is 7. The van der Waals surface area contributed by atoms with Crippen LogP contribution in [0, 0.1) is 0 Å². The summed E-state index contributed by atoms with van der Waals surface area (Å²) in [4.78, 5) is 25.9.